The number of hydrogen-bond acceptors (Lipinski definition) is 1. The number of halogens is 8. The normalized spacial score (nSPS) is 12.0. The van der Waals surface area contributed by atoms with Crippen molar-refractivity contribution in [2.45, 2.75) is 10.4 Å². The van der Waals surface area contributed by atoms with E-state index < -0.39 is 49.7 Å². The smallest absolute Gasteiger partial charge is 0.202 e. The molecule has 0 atom stereocenters. The minimum absolute atomic E-state index is 1.01. The monoisotopic (exact) mass is 300 g/mol. The van der Waals surface area contributed by atoms with E-state index in [0.29, 0.717) is 0 Å². The van der Waals surface area contributed by atoms with Gasteiger partial charge in [0.15, 0.2) is 17.5 Å². The molecule has 0 amide bonds. The van der Waals surface area contributed by atoms with Crippen molar-refractivity contribution >= 4 is 35.0 Å². The Balaban J connectivity index is 3.40. The molecule has 16 heavy (non-hydrogen) atoms. The Hall–Kier alpha value is -0.270. The summed E-state index contributed by atoms with van der Waals surface area (Å²) in [5.41, 5.74) is -4.89. The molecule has 0 bridgehead atoms. The van der Waals surface area contributed by atoms with Crippen molar-refractivity contribution in [3.63, 3.8) is 0 Å². The van der Waals surface area contributed by atoms with Crippen molar-refractivity contribution in [1.82, 2.24) is 0 Å². The molecule has 0 aliphatic carbocycles. The van der Waals surface area contributed by atoms with Crippen LogP contribution < -0.4 is 0 Å². The van der Waals surface area contributed by atoms with E-state index in [1.807, 2.05) is 0 Å². The van der Waals surface area contributed by atoms with E-state index in [0.717, 1.165) is 0 Å². The molecule has 0 aliphatic rings. The molecule has 1 aromatic rings. The predicted molar refractivity (Wildman–Crippen MR) is 48.2 cm³/mol. The van der Waals surface area contributed by atoms with E-state index in [-0.39, 0.29) is 0 Å². The number of thioether (sulfide) groups is 1. The molecule has 0 saturated carbocycles. The quantitative estimate of drug-likeness (QED) is 0.304. The van der Waals surface area contributed by atoms with Gasteiger partial charge in [0.1, 0.15) is 0 Å². The van der Waals surface area contributed by atoms with Crippen LogP contribution in [0.5, 0.6) is 0 Å². The molecule has 0 radical (unpaired) electrons. The predicted octanol–water partition coefficient (Wildman–Crippen LogP) is 5.02. The molecule has 0 spiro atoms. The number of alkyl halides is 3. The Labute approximate surface area is 99.5 Å². The zero-order chi connectivity index (χ0) is 12.7. The summed E-state index contributed by atoms with van der Waals surface area (Å²) in [4.78, 5) is -1.29. The van der Waals surface area contributed by atoms with Gasteiger partial charge in [0.25, 0.3) is 0 Å². The second-order valence-corrected chi connectivity index (χ2v) is 4.28. The second kappa shape index (κ2) is 4.54. The Morgan fingerprint density at radius 1 is 0.812 bits per heavy atom. The van der Waals surface area contributed by atoms with E-state index in [2.05, 4.69) is 0 Å². The molecule has 1 rings (SSSR count). The highest BCUT2D eigenvalue weighted by Crippen LogP contribution is 2.45. The van der Waals surface area contributed by atoms with Gasteiger partial charge in [0.2, 0.25) is 0 Å². The first-order chi connectivity index (χ1) is 7.15. The zero-order valence-electron chi connectivity index (χ0n) is 6.93. The van der Waals surface area contributed by atoms with Gasteiger partial charge < -0.3 is 0 Å². The maximum absolute atomic E-state index is 13.0. The van der Waals surface area contributed by atoms with Gasteiger partial charge in [-0.25, -0.2) is 13.2 Å². The van der Waals surface area contributed by atoms with Crippen LogP contribution in [0, 0.1) is 17.5 Å². The zero-order valence-corrected chi connectivity index (χ0v) is 9.26. The van der Waals surface area contributed by atoms with Gasteiger partial charge in [-0.3, -0.25) is 0 Å². The van der Waals surface area contributed by atoms with Gasteiger partial charge in [0, 0.05) is 0 Å². The summed E-state index contributed by atoms with van der Waals surface area (Å²) in [7, 11) is 0. The van der Waals surface area contributed by atoms with Crippen molar-refractivity contribution in [2.75, 3.05) is 0 Å². The van der Waals surface area contributed by atoms with Gasteiger partial charge >= 0.3 is 5.51 Å². The van der Waals surface area contributed by atoms with Crippen LogP contribution in [0.15, 0.2) is 4.90 Å². The molecule has 0 unspecified atom stereocenters. The molecule has 90 valence electrons. The van der Waals surface area contributed by atoms with Gasteiger partial charge in [-0.2, -0.15) is 13.2 Å². The van der Waals surface area contributed by atoms with Crippen molar-refractivity contribution in [3.05, 3.63) is 27.5 Å². The third kappa shape index (κ3) is 2.70. The largest absolute Gasteiger partial charge is 0.446 e. The Morgan fingerprint density at radius 3 is 1.75 bits per heavy atom. The van der Waals surface area contributed by atoms with Crippen LogP contribution in [0.25, 0.3) is 0 Å². The van der Waals surface area contributed by atoms with Crippen molar-refractivity contribution < 1.29 is 26.3 Å². The maximum atomic E-state index is 13.0. The highest BCUT2D eigenvalue weighted by Gasteiger charge is 2.35. The molecule has 0 saturated heterocycles. The molecule has 0 nitrogen and oxygen atoms in total. The van der Waals surface area contributed by atoms with E-state index in [4.69, 9.17) is 23.2 Å². The van der Waals surface area contributed by atoms with Gasteiger partial charge in [0.05, 0.1) is 14.9 Å². The highest BCUT2D eigenvalue weighted by molar-refractivity contribution is 8.00. The lowest BCUT2D eigenvalue weighted by Crippen LogP contribution is -2.04. The number of benzene rings is 1. The fourth-order valence-corrected chi connectivity index (χ4v) is 1.91. The van der Waals surface area contributed by atoms with E-state index in [1.165, 1.54) is 0 Å². The van der Waals surface area contributed by atoms with Crippen LogP contribution in [-0.2, 0) is 0 Å². The van der Waals surface area contributed by atoms with Crippen LogP contribution >= 0.6 is 35.0 Å². The maximum Gasteiger partial charge on any atom is 0.446 e. The summed E-state index contributed by atoms with van der Waals surface area (Å²) in [6.07, 6.45) is 0. The first-order valence-electron chi connectivity index (χ1n) is 3.42. The van der Waals surface area contributed by atoms with Crippen molar-refractivity contribution in [1.29, 1.82) is 0 Å². The van der Waals surface area contributed by atoms with Crippen LogP contribution in [0.2, 0.25) is 10.0 Å². The fourth-order valence-electron chi connectivity index (χ4n) is 0.790. The van der Waals surface area contributed by atoms with Crippen LogP contribution in [0.3, 0.4) is 0 Å². The summed E-state index contributed by atoms with van der Waals surface area (Å²) < 4.78 is 74.3. The summed E-state index contributed by atoms with van der Waals surface area (Å²) in [5.74, 6) is -5.94. The average Bonchev–Trinajstić information content (AvgIpc) is 2.17. The Kier molecular flexibility index (Phi) is 3.91. The van der Waals surface area contributed by atoms with Crippen LogP contribution in [0.1, 0.15) is 0 Å². The summed E-state index contributed by atoms with van der Waals surface area (Å²) >= 11 is 9.27. The van der Waals surface area contributed by atoms with Gasteiger partial charge in [-0.1, -0.05) is 23.2 Å². The number of rotatable bonds is 1. The van der Waals surface area contributed by atoms with E-state index in [1.54, 1.807) is 0 Å². The fraction of sp³-hybridized carbons (Fsp3) is 0.143. The molecule has 0 aromatic heterocycles. The standard InChI is InChI=1S/C7Cl2F6S/c8-1-2(9)6(16-7(13,14)15)5(12)4(11)3(1)10. The van der Waals surface area contributed by atoms with Gasteiger partial charge in [-0.15, -0.1) is 0 Å². The average molecular weight is 301 g/mol. The highest BCUT2D eigenvalue weighted by atomic mass is 35.5. The van der Waals surface area contributed by atoms with E-state index >= 15 is 0 Å². The van der Waals surface area contributed by atoms with Crippen LogP contribution in [-0.4, -0.2) is 5.51 Å². The lowest BCUT2D eigenvalue weighted by Gasteiger charge is -2.10. The van der Waals surface area contributed by atoms with Gasteiger partial charge in [-0.05, 0) is 11.8 Å². The SMILES string of the molecule is Fc1c(F)c(Cl)c(Cl)c(SC(F)(F)F)c1F. The minimum Gasteiger partial charge on any atom is -0.202 e. The molecule has 0 heterocycles. The summed E-state index contributed by atoms with van der Waals surface area (Å²) in [6, 6.07) is 0. The first kappa shape index (κ1) is 13.8. The Bertz CT molecular complexity index is 401. The molecule has 0 fully saturated rings. The third-order valence-electron chi connectivity index (χ3n) is 1.39. The molecule has 0 aliphatic heterocycles. The third-order valence-corrected chi connectivity index (χ3v) is 3.15. The van der Waals surface area contributed by atoms with Crippen molar-refractivity contribution in [3.8, 4) is 0 Å². The molecular weight excluding hydrogens is 301 g/mol. The summed E-state index contributed by atoms with van der Waals surface area (Å²) in [6.45, 7) is 0. The molecule has 9 heteroatoms. The lowest BCUT2D eigenvalue weighted by molar-refractivity contribution is -0.0329. The van der Waals surface area contributed by atoms with Crippen molar-refractivity contribution in [2.24, 2.45) is 0 Å². The second-order valence-electron chi connectivity index (χ2n) is 2.45. The molecule has 0 N–H and O–H groups in total. The van der Waals surface area contributed by atoms with E-state index in [9.17, 15) is 26.3 Å². The van der Waals surface area contributed by atoms with Crippen LogP contribution in [0.4, 0.5) is 26.3 Å². The lowest BCUT2D eigenvalue weighted by atomic mass is 10.3. The minimum atomic E-state index is -4.89. The first-order valence-corrected chi connectivity index (χ1v) is 4.99. The topological polar surface area (TPSA) is 0 Å². The molecule has 1 aromatic carbocycles. The Morgan fingerprint density at radius 2 is 1.31 bits per heavy atom. The summed E-state index contributed by atoms with van der Waals surface area (Å²) in [5, 5.41) is -2.10. The molecular formula is C7Cl2F6S. The number of hydrogen-bond donors (Lipinski definition) is 0.